The van der Waals surface area contributed by atoms with Crippen molar-refractivity contribution in [1.29, 1.82) is 0 Å². The van der Waals surface area contributed by atoms with Crippen molar-refractivity contribution in [1.82, 2.24) is 14.8 Å². The van der Waals surface area contributed by atoms with Gasteiger partial charge >= 0.3 is 0 Å². The summed E-state index contributed by atoms with van der Waals surface area (Å²) in [6, 6.07) is 5.28. The van der Waals surface area contributed by atoms with E-state index in [2.05, 4.69) is 14.8 Å². The highest BCUT2D eigenvalue weighted by Gasteiger charge is 2.31. The van der Waals surface area contributed by atoms with Crippen molar-refractivity contribution in [2.24, 2.45) is 0 Å². The normalized spacial score (nSPS) is 21.5. The van der Waals surface area contributed by atoms with Gasteiger partial charge in [0.05, 0.1) is 18.4 Å². The number of rotatable bonds is 4. The molecule has 0 unspecified atom stereocenters. The standard InChI is InChI=1S/C19H24FN3O2/c1-13-18(12-22-8-9-23-7-3-4-14(23)11-22)21-19(25-13)16-10-15(24-2)5-6-17(16)20/h5-6,10,14H,3-4,7-9,11-12H2,1-2H3/t14-/m0/s1. The van der Waals surface area contributed by atoms with E-state index in [1.807, 2.05) is 6.92 Å². The molecule has 3 heterocycles. The summed E-state index contributed by atoms with van der Waals surface area (Å²) < 4.78 is 25.1. The molecule has 6 heteroatoms. The molecular formula is C19H24FN3O2. The van der Waals surface area contributed by atoms with Gasteiger partial charge in [-0.25, -0.2) is 9.37 Å². The summed E-state index contributed by atoms with van der Waals surface area (Å²) in [6.45, 7) is 7.14. The van der Waals surface area contributed by atoms with Crippen molar-refractivity contribution >= 4 is 0 Å². The number of fused-ring (bicyclic) bond motifs is 1. The van der Waals surface area contributed by atoms with Crippen LogP contribution in [-0.4, -0.2) is 54.1 Å². The Balaban J connectivity index is 1.52. The number of ether oxygens (including phenoxy) is 1. The Morgan fingerprint density at radius 1 is 1.32 bits per heavy atom. The van der Waals surface area contributed by atoms with Crippen molar-refractivity contribution in [3.05, 3.63) is 35.5 Å². The zero-order valence-electron chi connectivity index (χ0n) is 14.8. The lowest BCUT2D eigenvalue weighted by atomic mass is 10.1. The number of hydrogen-bond donors (Lipinski definition) is 0. The van der Waals surface area contributed by atoms with Gasteiger partial charge in [0.2, 0.25) is 5.89 Å². The lowest BCUT2D eigenvalue weighted by Crippen LogP contribution is -2.49. The van der Waals surface area contributed by atoms with Gasteiger partial charge in [0.25, 0.3) is 0 Å². The highest BCUT2D eigenvalue weighted by atomic mass is 19.1. The molecule has 2 aliphatic rings. The molecule has 4 rings (SSSR count). The number of oxazole rings is 1. The summed E-state index contributed by atoms with van der Waals surface area (Å²) in [5, 5.41) is 0. The molecule has 5 nitrogen and oxygen atoms in total. The molecule has 1 atom stereocenters. The van der Waals surface area contributed by atoms with E-state index >= 15 is 0 Å². The quantitative estimate of drug-likeness (QED) is 0.852. The number of nitrogens with zero attached hydrogens (tertiary/aromatic N) is 3. The Kier molecular flexibility index (Phi) is 4.48. The lowest BCUT2D eigenvalue weighted by Gasteiger charge is -2.37. The van der Waals surface area contributed by atoms with Crippen LogP contribution in [0.3, 0.4) is 0 Å². The third-order valence-electron chi connectivity index (χ3n) is 5.34. The molecule has 0 amide bonds. The topological polar surface area (TPSA) is 41.7 Å². The van der Waals surface area contributed by atoms with Crippen molar-refractivity contribution in [2.75, 3.05) is 33.3 Å². The van der Waals surface area contributed by atoms with Crippen molar-refractivity contribution < 1.29 is 13.5 Å². The summed E-state index contributed by atoms with van der Waals surface area (Å²) in [4.78, 5) is 9.60. The second-order valence-corrected chi connectivity index (χ2v) is 6.93. The van der Waals surface area contributed by atoms with Crippen LogP contribution >= 0.6 is 0 Å². The highest BCUT2D eigenvalue weighted by molar-refractivity contribution is 5.57. The van der Waals surface area contributed by atoms with E-state index in [4.69, 9.17) is 9.15 Å². The molecule has 0 aliphatic carbocycles. The van der Waals surface area contributed by atoms with Gasteiger partial charge in [0, 0.05) is 32.2 Å². The van der Waals surface area contributed by atoms with E-state index in [9.17, 15) is 4.39 Å². The zero-order valence-corrected chi connectivity index (χ0v) is 14.8. The van der Waals surface area contributed by atoms with Gasteiger partial charge in [-0.3, -0.25) is 9.80 Å². The summed E-state index contributed by atoms with van der Waals surface area (Å²) in [6.07, 6.45) is 2.59. The van der Waals surface area contributed by atoms with E-state index in [1.165, 1.54) is 25.5 Å². The van der Waals surface area contributed by atoms with Crippen LogP contribution in [0.25, 0.3) is 11.5 Å². The molecule has 0 radical (unpaired) electrons. The van der Waals surface area contributed by atoms with Gasteiger partial charge < -0.3 is 9.15 Å². The summed E-state index contributed by atoms with van der Waals surface area (Å²) >= 11 is 0. The van der Waals surface area contributed by atoms with E-state index in [0.717, 1.165) is 37.6 Å². The smallest absolute Gasteiger partial charge is 0.229 e. The Hall–Kier alpha value is -1.92. The van der Waals surface area contributed by atoms with E-state index in [-0.39, 0.29) is 5.82 Å². The Morgan fingerprint density at radius 3 is 3.04 bits per heavy atom. The fourth-order valence-electron chi connectivity index (χ4n) is 3.90. The zero-order chi connectivity index (χ0) is 17.4. The van der Waals surface area contributed by atoms with Crippen LogP contribution < -0.4 is 4.74 Å². The first-order valence-corrected chi connectivity index (χ1v) is 8.90. The molecule has 1 aromatic carbocycles. The van der Waals surface area contributed by atoms with Crippen LogP contribution in [0.4, 0.5) is 4.39 Å². The van der Waals surface area contributed by atoms with Crippen molar-refractivity contribution in [2.45, 2.75) is 32.4 Å². The van der Waals surface area contributed by atoms with Gasteiger partial charge in [-0.2, -0.15) is 0 Å². The number of halogens is 1. The molecular weight excluding hydrogens is 321 g/mol. The minimum absolute atomic E-state index is 0.323. The molecule has 25 heavy (non-hydrogen) atoms. The molecule has 2 aromatic rings. The Bertz CT molecular complexity index is 761. The second-order valence-electron chi connectivity index (χ2n) is 6.93. The largest absolute Gasteiger partial charge is 0.497 e. The highest BCUT2D eigenvalue weighted by Crippen LogP contribution is 2.29. The van der Waals surface area contributed by atoms with Gasteiger partial charge in [0.1, 0.15) is 17.3 Å². The maximum absolute atomic E-state index is 14.2. The molecule has 2 saturated heterocycles. The number of aromatic nitrogens is 1. The third kappa shape index (κ3) is 3.28. The van der Waals surface area contributed by atoms with Gasteiger partial charge in [-0.1, -0.05) is 0 Å². The molecule has 2 fully saturated rings. The average Bonchev–Trinajstić information content (AvgIpc) is 3.22. The van der Waals surface area contributed by atoms with Crippen molar-refractivity contribution in [3.8, 4) is 17.2 Å². The summed E-state index contributed by atoms with van der Waals surface area (Å²) in [5.41, 5.74) is 1.23. The van der Waals surface area contributed by atoms with Gasteiger partial charge in [0.15, 0.2) is 0 Å². The number of aryl methyl sites for hydroxylation is 1. The maximum Gasteiger partial charge on any atom is 0.229 e. The van der Waals surface area contributed by atoms with Gasteiger partial charge in [-0.15, -0.1) is 0 Å². The minimum atomic E-state index is -0.354. The SMILES string of the molecule is COc1ccc(F)c(-c2nc(CN3CCN4CCC[C@H]4C3)c(C)o2)c1. The monoisotopic (exact) mass is 345 g/mol. The van der Waals surface area contributed by atoms with Crippen LogP contribution in [0.1, 0.15) is 24.3 Å². The number of benzene rings is 1. The van der Waals surface area contributed by atoms with Crippen LogP contribution in [0.5, 0.6) is 5.75 Å². The predicted molar refractivity (Wildman–Crippen MR) is 93.1 cm³/mol. The van der Waals surface area contributed by atoms with E-state index < -0.39 is 0 Å². The van der Waals surface area contributed by atoms with E-state index in [0.29, 0.717) is 23.2 Å². The first kappa shape index (κ1) is 16.5. The first-order chi connectivity index (χ1) is 12.1. The molecule has 1 aromatic heterocycles. The third-order valence-corrected chi connectivity index (χ3v) is 5.34. The fourth-order valence-corrected chi connectivity index (χ4v) is 3.90. The van der Waals surface area contributed by atoms with Crippen LogP contribution in [0.2, 0.25) is 0 Å². The minimum Gasteiger partial charge on any atom is -0.497 e. The summed E-state index contributed by atoms with van der Waals surface area (Å²) in [5.74, 6) is 1.31. The Morgan fingerprint density at radius 2 is 2.20 bits per heavy atom. The van der Waals surface area contributed by atoms with Crippen LogP contribution in [0.15, 0.2) is 22.6 Å². The lowest BCUT2D eigenvalue weighted by molar-refractivity contribution is 0.0982. The van der Waals surface area contributed by atoms with Crippen molar-refractivity contribution in [3.63, 3.8) is 0 Å². The summed E-state index contributed by atoms with van der Waals surface area (Å²) in [7, 11) is 1.56. The van der Waals surface area contributed by atoms with E-state index in [1.54, 1.807) is 19.2 Å². The molecule has 134 valence electrons. The number of hydrogen-bond acceptors (Lipinski definition) is 5. The molecule has 0 spiro atoms. The average molecular weight is 345 g/mol. The first-order valence-electron chi connectivity index (χ1n) is 8.90. The molecule has 0 bridgehead atoms. The fraction of sp³-hybridized carbons (Fsp3) is 0.526. The van der Waals surface area contributed by atoms with Crippen LogP contribution in [0, 0.1) is 12.7 Å². The Labute approximate surface area is 147 Å². The second kappa shape index (κ2) is 6.77. The molecule has 0 saturated carbocycles. The number of methoxy groups -OCH3 is 1. The maximum atomic E-state index is 14.2. The molecule has 2 aliphatic heterocycles. The number of piperazine rings is 1. The van der Waals surface area contributed by atoms with Gasteiger partial charge in [-0.05, 0) is 44.5 Å². The molecule has 0 N–H and O–H groups in total. The predicted octanol–water partition coefficient (Wildman–Crippen LogP) is 3.08. The van der Waals surface area contributed by atoms with Crippen LogP contribution in [-0.2, 0) is 6.54 Å².